The van der Waals surface area contributed by atoms with Gasteiger partial charge in [-0.05, 0) is 23.7 Å². The molecule has 0 unspecified atom stereocenters. The molecule has 0 atom stereocenters. The summed E-state index contributed by atoms with van der Waals surface area (Å²) in [5.41, 5.74) is 1.45. The monoisotopic (exact) mass is 190 g/mol. The van der Waals surface area contributed by atoms with E-state index in [-0.39, 0.29) is 11.0 Å². The third-order valence-corrected chi connectivity index (χ3v) is 1.52. The first-order valence-corrected chi connectivity index (χ1v) is 3.61. The van der Waals surface area contributed by atoms with E-state index >= 15 is 0 Å². The van der Waals surface area contributed by atoms with E-state index in [2.05, 4.69) is 0 Å². The lowest BCUT2D eigenvalue weighted by Crippen LogP contribution is -1.90. The van der Waals surface area contributed by atoms with Crippen LogP contribution in [0.5, 0.6) is 0 Å². The summed E-state index contributed by atoms with van der Waals surface area (Å²) in [6.07, 6.45) is 2.55. The molecular weight excluding hydrogens is 187 g/mol. The molecule has 0 N–H and O–H groups in total. The quantitative estimate of drug-likeness (QED) is 0.531. The Labute approximate surface area is 73.4 Å². The number of rotatable bonds is 2. The molecule has 0 saturated heterocycles. The minimum Gasteiger partial charge on any atom is -0.452 e. The van der Waals surface area contributed by atoms with Crippen LogP contribution in [0.25, 0.3) is 0 Å². The second kappa shape index (κ2) is 3.60. The molecule has 1 aromatic heterocycles. The van der Waals surface area contributed by atoms with Crippen LogP contribution in [-0.2, 0) is 0 Å². The maximum Gasteiger partial charge on any atom is 0.204 e. The molecule has 0 aliphatic heterocycles. The van der Waals surface area contributed by atoms with Gasteiger partial charge in [0.15, 0.2) is 5.78 Å². The lowest BCUT2D eigenvalue weighted by Gasteiger charge is -1.86. The van der Waals surface area contributed by atoms with Crippen LogP contribution in [0.4, 0.5) is 0 Å². The van der Waals surface area contributed by atoms with Crippen LogP contribution < -0.4 is 0 Å². The molecule has 0 aliphatic rings. The van der Waals surface area contributed by atoms with Crippen LogP contribution in [0.1, 0.15) is 10.4 Å². The zero-order chi connectivity index (χ0) is 8.27. The highest BCUT2D eigenvalue weighted by Gasteiger charge is 2.08. The van der Waals surface area contributed by atoms with Gasteiger partial charge >= 0.3 is 0 Å². The predicted octanol–water partition coefficient (Wildman–Crippen LogP) is 2.87. The molecule has 1 rings (SSSR count). The minimum absolute atomic E-state index is 0.0877. The van der Waals surface area contributed by atoms with Gasteiger partial charge in [0.2, 0.25) is 5.22 Å². The molecule has 0 amide bonds. The Balaban J connectivity index is 2.93. The molecule has 0 aliphatic carbocycles. The van der Waals surface area contributed by atoms with Gasteiger partial charge in [-0.25, -0.2) is 0 Å². The SMILES string of the molecule is O=C(/C=C/Cl)c1ccoc1Cl. The lowest BCUT2D eigenvalue weighted by molar-refractivity contribution is 0.104. The number of allylic oxidation sites excluding steroid dienone is 1. The van der Waals surface area contributed by atoms with Gasteiger partial charge in [-0.2, -0.15) is 0 Å². The van der Waals surface area contributed by atoms with E-state index in [0.717, 1.165) is 5.54 Å². The molecule has 0 fully saturated rings. The van der Waals surface area contributed by atoms with E-state index in [0.29, 0.717) is 5.56 Å². The molecule has 0 saturated carbocycles. The molecule has 0 spiro atoms. The van der Waals surface area contributed by atoms with Gasteiger partial charge in [-0.15, -0.1) is 0 Å². The Morgan fingerprint density at radius 3 is 2.82 bits per heavy atom. The van der Waals surface area contributed by atoms with Crippen molar-refractivity contribution in [1.82, 2.24) is 0 Å². The van der Waals surface area contributed by atoms with Gasteiger partial charge in [0, 0.05) is 5.54 Å². The molecule has 1 aromatic rings. The van der Waals surface area contributed by atoms with E-state index in [4.69, 9.17) is 27.6 Å². The van der Waals surface area contributed by atoms with Crippen molar-refractivity contribution in [3.63, 3.8) is 0 Å². The van der Waals surface area contributed by atoms with Crippen molar-refractivity contribution in [2.24, 2.45) is 0 Å². The second-order valence-electron chi connectivity index (χ2n) is 1.76. The average Bonchev–Trinajstić information content (AvgIpc) is 2.36. The summed E-state index contributed by atoms with van der Waals surface area (Å²) < 4.78 is 4.70. The maximum atomic E-state index is 11.0. The van der Waals surface area contributed by atoms with Gasteiger partial charge < -0.3 is 4.42 Å². The standard InChI is InChI=1S/C7H4Cl2O2/c8-3-1-6(10)5-2-4-11-7(5)9/h1-4H/b3-1+. The van der Waals surface area contributed by atoms with Crippen LogP contribution in [0.3, 0.4) is 0 Å². The molecular formula is C7H4Cl2O2. The molecule has 0 aromatic carbocycles. The van der Waals surface area contributed by atoms with Gasteiger partial charge in [-0.3, -0.25) is 4.79 Å². The fourth-order valence-corrected chi connectivity index (χ4v) is 0.939. The molecule has 58 valence electrons. The summed E-state index contributed by atoms with van der Waals surface area (Å²) >= 11 is 10.7. The fraction of sp³-hybridized carbons (Fsp3) is 0. The third-order valence-electron chi connectivity index (χ3n) is 1.10. The lowest BCUT2D eigenvalue weighted by atomic mass is 10.2. The normalized spacial score (nSPS) is 10.7. The number of carbonyl (C=O) groups is 1. The highest BCUT2D eigenvalue weighted by molar-refractivity contribution is 6.33. The third kappa shape index (κ3) is 1.85. The molecule has 2 nitrogen and oxygen atoms in total. The van der Waals surface area contributed by atoms with E-state index in [1.165, 1.54) is 18.4 Å². The van der Waals surface area contributed by atoms with E-state index in [1.807, 2.05) is 0 Å². The summed E-state index contributed by atoms with van der Waals surface area (Å²) in [6.45, 7) is 0. The zero-order valence-corrected chi connectivity index (χ0v) is 6.89. The molecule has 1 heterocycles. The average molecular weight is 191 g/mol. The van der Waals surface area contributed by atoms with E-state index in [1.54, 1.807) is 0 Å². The summed E-state index contributed by atoms with van der Waals surface area (Å²) in [4.78, 5) is 11.0. The molecule has 0 bridgehead atoms. The van der Waals surface area contributed by atoms with Crippen molar-refractivity contribution < 1.29 is 9.21 Å². The van der Waals surface area contributed by atoms with Crippen LogP contribution in [0.15, 0.2) is 28.4 Å². The van der Waals surface area contributed by atoms with Crippen molar-refractivity contribution in [3.8, 4) is 0 Å². The van der Waals surface area contributed by atoms with Gasteiger partial charge in [0.25, 0.3) is 0 Å². The zero-order valence-electron chi connectivity index (χ0n) is 5.38. The largest absolute Gasteiger partial charge is 0.452 e. The molecule has 11 heavy (non-hydrogen) atoms. The van der Waals surface area contributed by atoms with Crippen molar-refractivity contribution in [2.45, 2.75) is 0 Å². The Kier molecular flexibility index (Phi) is 2.74. The summed E-state index contributed by atoms with van der Waals surface area (Å²) in [6, 6.07) is 1.49. The first kappa shape index (κ1) is 8.37. The first-order chi connectivity index (χ1) is 5.25. The van der Waals surface area contributed by atoms with Crippen LogP contribution in [0.2, 0.25) is 5.22 Å². The summed E-state index contributed by atoms with van der Waals surface area (Å²) in [5.74, 6) is -0.265. The minimum atomic E-state index is -0.265. The van der Waals surface area contributed by atoms with E-state index < -0.39 is 0 Å². The Morgan fingerprint density at radius 2 is 2.36 bits per heavy atom. The van der Waals surface area contributed by atoms with Crippen LogP contribution in [0, 0.1) is 0 Å². The Hall–Kier alpha value is -0.730. The number of carbonyl (C=O) groups excluding carboxylic acids is 1. The topological polar surface area (TPSA) is 30.2 Å². The molecule has 4 heteroatoms. The van der Waals surface area contributed by atoms with Crippen molar-refractivity contribution >= 4 is 29.0 Å². The van der Waals surface area contributed by atoms with Crippen molar-refractivity contribution in [1.29, 1.82) is 0 Å². The number of halogens is 2. The summed E-state index contributed by atoms with van der Waals surface area (Å²) in [7, 11) is 0. The fourth-order valence-electron chi connectivity index (χ4n) is 0.617. The van der Waals surface area contributed by atoms with E-state index in [9.17, 15) is 4.79 Å². The van der Waals surface area contributed by atoms with Gasteiger partial charge in [0.05, 0.1) is 11.8 Å². The van der Waals surface area contributed by atoms with Gasteiger partial charge in [0.1, 0.15) is 0 Å². The highest BCUT2D eigenvalue weighted by atomic mass is 35.5. The van der Waals surface area contributed by atoms with Crippen molar-refractivity contribution in [3.05, 3.63) is 34.7 Å². The highest BCUT2D eigenvalue weighted by Crippen LogP contribution is 2.17. The van der Waals surface area contributed by atoms with Crippen LogP contribution >= 0.6 is 23.2 Å². The number of hydrogen-bond donors (Lipinski definition) is 0. The second-order valence-corrected chi connectivity index (χ2v) is 2.36. The Bertz CT molecular complexity index is 288. The van der Waals surface area contributed by atoms with Crippen LogP contribution in [-0.4, -0.2) is 5.78 Å². The van der Waals surface area contributed by atoms with Crippen molar-refractivity contribution in [2.75, 3.05) is 0 Å². The smallest absolute Gasteiger partial charge is 0.204 e. The Morgan fingerprint density at radius 1 is 1.64 bits per heavy atom. The number of hydrogen-bond acceptors (Lipinski definition) is 2. The van der Waals surface area contributed by atoms with Gasteiger partial charge in [-0.1, -0.05) is 11.6 Å². The summed E-state index contributed by atoms with van der Waals surface area (Å²) in [5, 5.41) is 0.0877. The first-order valence-electron chi connectivity index (χ1n) is 2.80. The molecule has 0 radical (unpaired) electrons. The maximum absolute atomic E-state index is 11.0. The number of ketones is 1. The number of furan rings is 1. The predicted molar refractivity (Wildman–Crippen MR) is 43.0 cm³/mol.